The number of hydrogen-bond donors (Lipinski definition) is 2. The number of nitrogens with two attached hydrogens (primary N) is 1. The van der Waals surface area contributed by atoms with E-state index in [0.29, 0.717) is 24.9 Å². The molecule has 1 saturated heterocycles. The molecule has 1 heterocycles. The number of nitrogens with zero attached hydrogens (tertiary/aromatic N) is 1. The zero-order chi connectivity index (χ0) is 22.3. The normalized spacial score (nSPS) is 16.5. The molecule has 166 valence electrons. The molecule has 31 heavy (non-hydrogen) atoms. The van der Waals surface area contributed by atoms with E-state index in [4.69, 9.17) is 5.73 Å². The van der Waals surface area contributed by atoms with E-state index in [0.717, 1.165) is 17.5 Å². The van der Waals surface area contributed by atoms with Crippen molar-refractivity contribution in [3.63, 3.8) is 0 Å². The lowest BCUT2D eigenvalue weighted by Gasteiger charge is -2.30. The van der Waals surface area contributed by atoms with Crippen LogP contribution in [-0.4, -0.2) is 62.3 Å². The maximum atomic E-state index is 13.0. The topological polar surface area (TPSA) is 110 Å². The van der Waals surface area contributed by atoms with Crippen LogP contribution in [0.3, 0.4) is 0 Å². The fourth-order valence-electron chi connectivity index (χ4n) is 3.59. The standard InChI is InChI=1S/C23H29N3O4S/c24-13-5-4-8-21(23(28)26-14-16-31(29,30)17-15-26)25-22(27)20-11-9-19(10-12-20)18-6-2-1-3-7-18/h1-3,6-7,9-12,21H,4-5,8,13-17,24H2,(H,25,27)/t21-/m0/s1. The first-order valence-electron chi connectivity index (χ1n) is 10.6. The smallest absolute Gasteiger partial charge is 0.251 e. The zero-order valence-corrected chi connectivity index (χ0v) is 18.3. The third-order valence-electron chi connectivity index (χ3n) is 5.46. The number of carbonyl (C=O) groups is 2. The van der Waals surface area contributed by atoms with Crippen LogP contribution in [0.2, 0.25) is 0 Å². The summed E-state index contributed by atoms with van der Waals surface area (Å²) in [4.78, 5) is 27.4. The highest BCUT2D eigenvalue weighted by Crippen LogP contribution is 2.19. The molecule has 1 atom stereocenters. The van der Waals surface area contributed by atoms with Crippen molar-refractivity contribution < 1.29 is 18.0 Å². The SMILES string of the molecule is NCCCC[C@H](NC(=O)c1ccc(-c2ccccc2)cc1)C(=O)N1CCS(=O)(=O)CC1. The van der Waals surface area contributed by atoms with E-state index in [9.17, 15) is 18.0 Å². The summed E-state index contributed by atoms with van der Waals surface area (Å²) in [6.45, 7) is 0.837. The molecule has 1 aliphatic heterocycles. The van der Waals surface area contributed by atoms with E-state index in [-0.39, 0.29) is 36.4 Å². The lowest BCUT2D eigenvalue weighted by molar-refractivity contribution is -0.133. The summed E-state index contributed by atoms with van der Waals surface area (Å²) in [5, 5.41) is 2.85. The van der Waals surface area contributed by atoms with E-state index >= 15 is 0 Å². The van der Waals surface area contributed by atoms with Gasteiger partial charge in [0.15, 0.2) is 9.84 Å². The first kappa shape index (κ1) is 23.0. The van der Waals surface area contributed by atoms with Gasteiger partial charge in [0.1, 0.15) is 6.04 Å². The number of benzene rings is 2. The highest BCUT2D eigenvalue weighted by molar-refractivity contribution is 7.91. The monoisotopic (exact) mass is 443 g/mol. The van der Waals surface area contributed by atoms with Crippen LogP contribution in [0.1, 0.15) is 29.6 Å². The third kappa shape index (κ3) is 6.38. The van der Waals surface area contributed by atoms with Gasteiger partial charge in [-0.2, -0.15) is 0 Å². The summed E-state index contributed by atoms with van der Waals surface area (Å²) >= 11 is 0. The fraction of sp³-hybridized carbons (Fsp3) is 0.391. The van der Waals surface area contributed by atoms with Gasteiger partial charge >= 0.3 is 0 Å². The van der Waals surface area contributed by atoms with Crippen LogP contribution in [0.15, 0.2) is 54.6 Å². The number of amides is 2. The molecule has 2 amide bonds. The van der Waals surface area contributed by atoms with Gasteiger partial charge in [-0.1, -0.05) is 42.5 Å². The van der Waals surface area contributed by atoms with E-state index in [1.165, 1.54) is 4.90 Å². The van der Waals surface area contributed by atoms with Crippen molar-refractivity contribution in [1.82, 2.24) is 10.2 Å². The molecule has 0 radical (unpaired) electrons. The minimum Gasteiger partial charge on any atom is -0.340 e. The van der Waals surface area contributed by atoms with Crippen LogP contribution in [-0.2, 0) is 14.6 Å². The van der Waals surface area contributed by atoms with Crippen molar-refractivity contribution in [3.05, 3.63) is 60.2 Å². The van der Waals surface area contributed by atoms with Gasteiger partial charge in [-0.3, -0.25) is 9.59 Å². The molecule has 0 bridgehead atoms. The van der Waals surface area contributed by atoms with Crippen LogP contribution in [0.4, 0.5) is 0 Å². The molecule has 2 aromatic rings. The van der Waals surface area contributed by atoms with Crippen molar-refractivity contribution in [2.24, 2.45) is 5.73 Å². The number of carbonyl (C=O) groups excluding carboxylic acids is 2. The van der Waals surface area contributed by atoms with E-state index in [1.807, 2.05) is 42.5 Å². The number of hydrogen-bond acceptors (Lipinski definition) is 5. The molecule has 0 aliphatic carbocycles. The van der Waals surface area contributed by atoms with E-state index < -0.39 is 15.9 Å². The average molecular weight is 444 g/mol. The van der Waals surface area contributed by atoms with Gasteiger partial charge in [-0.25, -0.2) is 8.42 Å². The van der Waals surface area contributed by atoms with Crippen molar-refractivity contribution in [3.8, 4) is 11.1 Å². The second kappa shape index (κ2) is 10.5. The van der Waals surface area contributed by atoms with Gasteiger partial charge in [0.2, 0.25) is 5.91 Å². The molecular formula is C23H29N3O4S. The number of unbranched alkanes of at least 4 members (excludes halogenated alkanes) is 1. The molecule has 0 unspecified atom stereocenters. The summed E-state index contributed by atoms with van der Waals surface area (Å²) in [5.74, 6) is -0.636. The Balaban J connectivity index is 1.68. The summed E-state index contributed by atoms with van der Waals surface area (Å²) in [7, 11) is -3.09. The molecule has 1 fully saturated rings. The third-order valence-corrected chi connectivity index (χ3v) is 7.07. The van der Waals surface area contributed by atoms with Gasteiger partial charge in [-0.15, -0.1) is 0 Å². The molecule has 3 rings (SSSR count). The van der Waals surface area contributed by atoms with Crippen LogP contribution in [0, 0.1) is 0 Å². The minimum absolute atomic E-state index is 0.0385. The van der Waals surface area contributed by atoms with Crippen LogP contribution >= 0.6 is 0 Å². The first-order chi connectivity index (χ1) is 14.9. The van der Waals surface area contributed by atoms with Crippen LogP contribution < -0.4 is 11.1 Å². The van der Waals surface area contributed by atoms with Gasteiger partial charge in [-0.05, 0) is 49.1 Å². The van der Waals surface area contributed by atoms with Crippen LogP contribution in [0.25, 0.3) is 11.1 Å². The summed E-state index contributed by atoms with van der Waals surface area (Å²) in [6, 6.07) is 16.4. The molecule has 1 aliphatic rings. The molecule has 2 aromatic carbocycles. The van der Waals surface area contributed by atoms with Crippen molar-refractivity contribution in [2.75, 3.05) is 31.1 Å². The molecule has 7 nitrogen and oxygen atoms in total. The molecule has 0 saturated carbocycles. The Hall–Kier alpha value is -2.71. The highest BCUT2D eigenvalue weighted by Gasteiger charge is 2.30. The number of nitrogens with one attached hydrogen (secondary N) is 1. The molecule has 3 N–H and O–H groups in total. The Kier molecular flexibility index (Phi) is 7.81. The van der Waals surface area contributed by atoms with Crippen molar-refractivity contribution >= 4 is 21.7 Å². The minimum atomic E-state index is -3.09. The zero-order valence-electron chi connectivity index (χ0n) is 17.5. The Morgan fingerprint density at radius 2 is 1.55 bits per heavy atom. The second-order valence-electron chi connectivity index (χ2n) is 7.73. The summed E-state index contributed by atoms with van der Waals surface area (Å²) < 4.78 is 23.3. The Morgan fingerprint density at radius 3 is 2.16 bits per heavy atom. The lowest BCUT2D eigenvalue weighted by Crippen LogP contribution is -2.52. The van der Waals surface area contributed by atoms with Crippen molar-refractivity contribution in [1.29, 1.82) is 0 Å². The summed E-state index contributed by atoms with van der Waals surface area (Å²) in [6.07, 6.45) is 1.92. The maximum Gasteiger partial charge on any atom is 0.251 e. The predicted molar refractivity (Wildman–Crippen MR) is 121 cm³/mol. The first-order valence-corrected chi connectivity index (χ1v) is 12.4. The second-order valence-corrected chi connectivity index (χ2v) is 10.0. The van der Waals surface area contributed by atoms with Crippen molar-refractivity contribution in [2.45, 2.75) is 25.3 Å². The quantitative estimate of drug-likeness (QED) is 0.605. The van der Waals surface area contributed by atoms with Gasteiger partial charge in [0.05, 0.1) is 11.5 Å². The molecule has 0 aromatic heterocycles. The lowest BCUT2D eigenvalue weighted by atomic mass is 10.0. The average Bonchev–Trinajstić information content (AvgIpc) is 2.78. The summed E-state index contributed by atoms with van der Waals surface area (Å²) in [5.41, 5.74) is 8.10. The van der Waals surface area contributed by atoms with Gasteiger partial charge in [0, 0.05) is 18.7 Å². The Labute approximate surface area is 183 Å². The Bertz CT molecular complexity index is 977. The highest BCUT2D eigenvalue weighted by atomic mass is 32.2. The van der Waals surface area contributed by atoms with E-state index in [1.54, 1.807) is 12.1 Å². The maximum absolute atomic E-state index is 13.0. The predicted octanol–water partition coefficient (Wildman–Crippen LogP) is 1.84. The molecule has 0 spiro atoms. The Morgan fingerprint density at radius 1 is 0.935 bits per heavy atom. The van der Waals surface area contributed by atoms with Gasteiger partial charge < -0.3 is 16.0 Å². The van der Waals surface area contributed by atoms with Gasteiger partial charge in [0.25, 0.3) is 5.91 Å². The number of rotatable bonds is 8. The number of sulfone groups is 1. The molecular weight excluding hydrogens is 414 g/mol. The fourth-order valence-corrected chi connectivity index (χ4v) is 4.79. The largest absolute Gasteiger partial charge is 0.340 e. The van der Waals surface area contributed by atoms with E-state index in [2.05, 4.69) is 5.32 Å². The van der Waals surface area contributed by atoms with Crippen LogP contribution in [0.5, 0.6) is 0 Å². The molecule has 8 heteroatoms.